The smallest absolute Gasteiger partial charge is 0.339 e. The molecule has 0 bridgehead atoms. The van der Waals surface area contributed by atoms with Crippen LogP contribution in [-0.2, 0) is 17.6 Å². The van der Waals surface area contributed by atoms with Crippen LogP contribution in [0.25, 0.3) is 11.0 Å². The zero-order valence-corrected chi connectivity index (χ0v) is 20.2. The van der Waals surface area contributed by atoms with Gasteiger partial charge in [-0.25, -0.2) is 10.3 Å². The lowest BCUT2D eigenvalue weighted by atomic mass is 9.92. The van der Waals surface area contributed by atoms with Crippen molar-refractivity contribution in [1.29, 1.82) is 0 Å². The van der Waals surface area contributed by atoms with E-state index < -0.39 is 17.5 Å². The average Bonchev–Trinajstić information content (AvgIpc) is 2.87. The lowest BCUT2D eigenvalue weighted by molar-refractivity contribution is -0.133. The third kappa shape index (κ3) is 6.93. The van der Waals surface area contributed by atoms with Crippen molar-refractivity contribution in [3.05, 3.63) is 75.6 Å². The Kier molecular flexibility index (Phi) is 8.55. The van der Waals surface area contributed by atoms with E-state index in [4.69, 9.17) is 9.15 Å². The first-order chi connectivity index (χ1) is 17.0. The summed E-state index contributed by atoms with van der Waals surface area (Å²) in [5.41, 5.74) is 4.28. The first-order valence-corrected chi connectivity index (χ1v) is 12.4. The van der Waals surface area contributed by atoms with Crippen LogP contribution in [-0.4, -0.2) is 30.3 Å². The lowest BCUT2D eigenvalue weighted by Gasteiger charge is -2.23. The monoisotopic (exact) mass is 478 g/mol. The van der Waals surface area contributed by atoms with Gasteiger partial charge in [0.05, 0.1) is 6.61 Å². The number of carbonyl (C=O) groups excluding carboxylic acids is 1. The number of hydrogen-bond acceptors (Lipinski definition) is 6. The summed E-state index contributed by atoms with van der Waals surface area (Å²) < 4.78 is 11.4. The van der Waals surface area contributed by atoms with Crippen molar-refractivity contribution in [3.63, 3.8) is 0 Å². The van der Waals surface area contributed by atoms with Crippen molar-refractivity contribution < 1.29 is 19.2 Å². The quantitative estimate of drug-likeness (QED) is 0.228. The van der Waals surface area contributed by atoms with E-state index in [9.17, 15) is 14.8 Å². The third-order valence-corrected chi connectivity index (χ3v) is 6.74. The molecule has 2 atom stereocenters. The molecular formula is C28H34N2O5. The van der Waals surface area contributed by atoms with Gasteiger partial charge in [0, 0.05) is 22.9 Å². The van der Waals surface area contributed by atoms with E-state index in [2.05, 4.69) is 5.32 Å². The Morgan fingerprint density at radius 2 is 2.11 bits per heavy atom. The number of amides is 1. The second-order valence-electron chi connectivity index (χ2n) is 9.45. The van der Waals surface area contributed by atoms with Gasteiger partial charge < -0.3 is 14.5 Å². The van der Waals surface area contributed by atoms with Crippen LogP contribution in [0.4, 0.5) is 0 Å². The Labute approximate surface area is 205 Å². The van der Waals surface area contributed by atoms with E-state index in [-0.39, 0.29) is 6.42 Å². The van der Waals surface area contributed by atoms with E-state index in [0.29, 0.717) is 36.6 Å². The summed E-state index contributed by atoms with van der Waals surface area (Å²) in [5, 5.41) is 13.6. The topological polar surface area (TPSA) is 101 Å². The molecule has 186 valence electrons. The van der Waals surface area contributed by atoms with E-state index in [1.165, 1.54) is 19.3 Å². The number of hydrogen-bond donors (Lipinski definition) is 3. The number of nitrogens with one attached hydrogen (secondary N) is 2. The molecule has 4 rings (SSSR count). The van der Waals surface area contributed by atoms with Gasteiger partial charge in [-0.1, -0.05) is 30.7 Å². The molecule has 0 spiro atoms. The second-order valence-corrected chi connectivity index (χ2v) is 9.45. The Bertz CT molecular complexity index is 1200. The van der Waals surface area contributed by atoms with Crippen molar-refractivity contribution in [2.75, 3.05) is 13.2 Å². The first-order valence-electron chi connectivity index (χ1n) is 12.4. The SMILES string of the molecule is Cc1ccc2cc(CC(CCc3cccc(OCCC4CCCCN4)c3)C(=O)NO)c(=O)oc2c1. The fraction of sp³-hybridized carbons (Fsp3) is 0.429. The molecule has 0 saturated carbocycles. The van der Waals surface area contributed by atoms with Crippen LogP contribution in [0.1, 0.15) is 48.8 Å². The number of aryl methyl sites for hydroxylation is 2. The van der Waals surface area contributed by atoms with E-state index in [1.54, 1.807) is 11.5 Å². The van der Waals surface area contributed by atoms with E-state index in [1.807, 2.05) is 49.4 Å². The first kappa shape index (κ1) is 24.9. The minimum absolute atomic E-state index is 0.184. The maximum absolute atomic E-state index is 12.5. The summed E-state index contributed by atoms with van der Waals surface area (Å²) in [6, 6.07) is 15.8. The normalized spacial score (nSPS) is 16.7. The fourth-order valence-electron chi connectivity index (χ4n) is 4.71. The minimum Gasteiger partial charge on any atom is -0.494 e. The summed E-state index contributed by atoms with van der Waals surface area (Å²) in [4.78, 5) is 24.9. The molecule has 3 N–H and O–H groups in total. The van der Waals surface area contributed by atoms with Crippen LogP contribution < -0.4 is 21.2 Å². The van der Waals surface area contributed by atoms with E-state index in [0.717, 1.165) is 35.2 Å². The highest BCUT2D eigenvalue weighted by Gasteiger charge is 2.21. The highest BCUT2D eigenvalue weighted by molar-refractivity contribution is 5.79. The van der Waals surface area contributed by atoms with Crippen LogP contribution in [0.5, 0.6) is 5.75 Å². The highest BCUT2D eigenvalue weighted by Crippen LogP contribution is 2.21. The summed E-state index contributed by atoms with van der Waals surface area (Å²) in [5.74, 6) is -0.277. The van der Waals surface area contributed by atoms with Gasteiger partial charge in [-0.2, -0.15) is 0 Å². The molecule has 2 unspecified atom stereocenters. The van der Waals surface area contributed by atoms with Gasteiger partial charge in [0.2, 0.25) is 5.91 Å². The molecule has 2 heterocycles. The van der Waals surface area contributed by atoms with Crippen molar-refractivity contribution in [2.24, 2.45) is 5.92 Å². The molecule has 1 aliphatic heterocycles. The molecular weight excluding hydrogens is 444 g/mol. The molecule has 2 aromatic carbocycles. The molecule has 7 heteroatoms. The zero-order chi connectivity index (χ0) is 24.6. The average molecular weight is 479 g/mol. The summed E-state index contributed by atoms with van der Waals surface area (Å²) in [7, 11) is 0. The summed E-state index contributed by atoms with van der Waals surface area (Å²) in [6.07, 6.45) is 5.97. The van der Waals surface area contributed by atoms with Gasteiger partial charge in [-0.15, -0.1) is 0 Å². The number of ether oxygens (including phenoxy) is 1. The van der Waals surface area contributed by atoms with Crippen molar-refractivity contribution >= 4 is 16.9 Å². The molecule has 0 radical (unpaired) electrons. The van der Waals surface area contributed by atoms with Crippen molar-refractivity contribution in [1.82, 2.24) is 10.8 Å². The maximum Gasteiger partial charge on any atom is 0.339 e. The molecule has 1 fully saturated rings. The van der Waals surface area contributed by atoms with Crippen LogP contribution in [0.2, 0.25) is 0 Å². The zero-order valence-electron chi connectivity index (χ0n) is 20.2. The van der Waals surface area contributed by atoms with Gasteiger partial charge in [-0.05, 0) is 87.4 Å². The number of fused-ring (bicyclic) bond motifs is 1. The number of piperidine rings is 1. The number of carbonyl (C=O) groups is 1. The molecule has 0 aliphatic carbocycles. The van der Waals surface area contributed by atoms with Gasteiger partial charge >= 0.3 is 5.63 Å². The minimum atomic E-state index is -0.576. The Balaban J connectivity index is 1.38. The molecule has 1 aromatic heterocycles. The van der Waals surface area contributed by atoms with Gasteiger partial charge in [0.1, 0.15) is 11.3 Å². The lowest BCUT2D eigenvalue weighted by Crippen LogP contribution is -2.35. The van der Waals surface area contributed by atoms with Gasteiger partial charge in [0.15, 0.2) is 0 Å². The molecule has 1 amide bonds. The second kappa shape index (κ2) is 12.0. The fourth-order valence-corrected chi connectivity index (χ4v) is 4.71. The largest absolute Gasteiger partial charge is 0.494 e. The standard InChI is InChI=1S/C28H34N2O5/c1-19-8-10-21-17-23(28(32)35-26(21)15-19)18-22(27(31)30-33)11-9-20-5-4-7-25(16-20)34-14-12-24-6-2-3-13-29-24/h4-5,7-8,10,15-17,22,24,29,33H,2-3,6,9,11-14,18H2,1H3,(H,30,31). The van der Waals surface area contributed by atoms with Gasteiger partial charge in [0.25, 0.3) is 0 Å². The van der Waals surface area contributed by atoms with Crippen LogP contribution in [0.3, 0.4) is 0 Å². The predicted molar refractivity (Wildman–Crippen MR) is 135 cm³/mol. The molecule has 7 nitrogen and oxygen atoms in total. The van der Waals surface area contributed by atoms with Crippen LogP contribution >= 0.6 is 0 Å². The van der Waals surface area contributed by atoms with Gasteiger partial charge in [-0.3, -0.25) is 10.0 Å². The molecule has 3 aromatic rings. The van der Waals surface area contributed by atoms with Crippen molar-refractivity contribution in [2.45, 2.75) is 57.9 Å². The Hall–Kier alpha value is -3.16. The molecule has 1 aliphatic rings. The third-order valence-electron chi connectivity index (χ3n) is 6.74. The number of rotatable bonds is 10. The number of benzene rings is 2. The maximum atomic E-state index is 12.5. The summed E-state index contributed by atoms with van der Waals surface area (Å²) in [6.45, 7) is 3.68. The van der Waals surface area contributed by atoms with Crippen LogP contribution in [0, 0.1) is 12.8 Å². The highest BCUT2D eigenvalue weighted by atomic mass is 16.5. The molecule has 35 heavy (non-hydrogen) atoms. The Morgan fingerprint density at radius 1 is 1.23 bits per heavy atom. The molecule has 1 saturated heterocycles. The van der Waals surface area contributed by atoms with Crippen LogP contribution in [0.15, 0.2) is 57.7 Å². The van der Waals surface area contributed by atoms with E-state index >= 15 is 0 Å². The predicted octanol–water partition coefficient (Wildman–Crippen LogP) is 4.31. The summed E-state index contributed by atoms with van der Waals surface area (Å²) >= 11 is 0. The number of hydroxylamine groups is 1. The van der Waals surface area contributed by atoms with Crippen molar-refractivity contribution in [3.8, 4) is 5.75 Å². The Morgan fingerprint density at radius 3 is 2.91 bits per heavy atom.